The van der Waals surface area contributed by atoms with E-state index in [0.29, 0.717) is 35.3 Å². The number of ether oxygens (including phenoxy) is 1. The number of amides is 1. The van der Waals surface area contributed by atoms with Crippen LogP contribution in [-0.2, 0) is 14.6 Å². The third kappa shape index (κ3) is 4.64. The fraction of sp³-hybridized carbons (Fsp3) is 0.269. The van der Waals surface area contributed by atoms with Crippen LogP contribution in [0.2, 0.25) is 0 Å². The number of sulfone groups is 1. The van der Waals surface area contributed by atoms with Gasteiger partial charge in [-0.15, -0.1) is 0 Å². The topological polar surface area (TPSA) is 105 Å². The van der Waals surface area contributed by atoms with E-state index in [9.17, 15) is 13.2 Å². The van der Waals surface area contributed by atoms with E-state index in [0.717, 1.165) is 23.2 Å². The van der Waals surface area contributed by atoms with Crippen molar-refractivity contribution in [3.63, 3.8) is 0 Å². The molecular formula is C26H26N4O4S. The van der Waals surface area contributed by atoms with Crippen LogP contribution in [0.3, 0.4) is 0 Å². The van der Waals surface area contributed by atoms with Gasteiger partial charge in [0, 0.05) is 37.6 Å². The molecule has 1 saturated heterocycles. The Hall–Kier alpha value is -3.72. The SMILES string of the molecule is CC(=O)N1CC(C)CC1c1cc2[nH]c(-c3ccccn3)nc2cc1Oc1ccc(S(C)(=O)=O)cc1. The number of fused-ring (bicyclic) bond motifs is 1. The third-order valence-corrected chi connectivity index (χ3v) is 7.40. The molecule has 2 aromatic carbocycles. The summed E-state index contributed by atoms with van der Waals surface area (Å²) in [7, 11) is -3.31. The Balaban J connectivity index is 1.60. The average molecular weight is 491 g/mol. The van der Waals surface area contributed by atoms with Crippen LogP contribution in [0.15, 0.2) is 65.7 Å². The van der Waals surface area contributed by atoms with Crippen molar-refractivity contribution < 1.29 is 17.9 Å². The van der Waals surface area contributed by atoms with Crippen LogP contribution in [0.5, 0.6) is 11.5 Å². The molecular weight excluding hydrogens is 464 g/mol. The number of carbonyl (C=O) groups excluding carboxylic acids is 1. The zero-order valence-corrected chi connectivity index (χ0v) is 20.5. The van der Waals surface area contributed by atoms with E-state index >= 15 is 0 Å². The van der Waals surface area contributed by atoms with Gasteiger partial charge >= 0.3 is 0 Å². The summed E-state index contributed by atoms with van der Waals surface area (Å²) in [5.41, 5.74) is 3.13. The fourth-order valence-electron chi connectivity index (χ4n) is 4.60. The molecule has 180 valence electrons. The Morgan fingerprint density at radius 2 is 1.91 bits per heavy atom. The quantitative estimate of drug-likeness (QED) is 0.433. The molecule has 2 atom stereocenters. The molecule has 35 heavy (non-hydrogen) atoms. The summed E-state index contributed by atoms with van der Waals surface area (Å²) in [5.74, 6) is 2.09. The first-order valence-electron chi connectivity index (χ1n) is 11.4. The zero-order chi connectivity index (χ0) is 24.7. The second-order valence-electron chi connectivity index (χ2n) is 9.08. The minimum Gasteiger partial charge on any atom is -0.457 e. The highest BCUT2D eigenvalue weighted by Gasteiger charge is 2.35. The summed E-state index contributed by atoms with van der Waals surface area (Å²) in [5, 5.41) is 0. The minimum absolute atomic E-state index is 0.0155. The Bertz CT molecular complexity index is 1500. The smallest absolute Gasteiger partial charge is 0.219 e. The number of hydrogen-bond acceptors (Lipinski definition) is 6. The van der Waals surface area contributed by atoms with Gasteiger partial charge in [-0.1, -0.05) is 13.0 Å². The zero-order valence-electron chi connectivity index (χ0n) is 19.7. The van der Waals surface area contributed by atoms with E-state index in [2.05, 4.69) is 16.9 Å². The van der Waals surface area contributed by atoms with Gasteiger partial charge in [0.25, 0.3) is 0 Å². The van der Waals surface area contributed by atoms with Crippen molar-refractivity contribution >= 4 is 26.8 Å². The molecule has 3 heterocycles. The predicted molar refractivity (Wildman–Crippen MR) is 133 cm³/mol. The summed E-state index contributed by atoms with van der Waals surface area (Å²) >= 11 is 0. The molecule has 2 aromatic heterocycles. The number of carbonyl (C=O) groups is 1. The van der Waals surface area contributed by atoms with Gasteiger partial charge in [0.1, 0.15) is 17.2 Å². The number of nitrogens with zero attached hydrogens (tertiary/aromatic N) is 3. The largest absolute Gasteiger partial charge is 0.457 e. The molecule has 2 unspecified atom stereocenters. The number of imidazole rings is 1. The van der Waals surface area contributed by atoms with Crippen LogP contribution < -0.4 is 4.74 Å². The second kappa shape index (κ2) is 8.81. The molecule has 0 aliphatic carbocycles. The molecule has 0 saturated carbocycles. The second-order valence-corrected chi connectivity index (χ2v) is 11.1. The van der Waals surface area contributed by atoms with Gasteiger partial charge in [0.2, 0.25) is 5.91 Å². The van der Waals surface area contributed by atoms with Crippen molar-refractivity contribution in [3.05, 3.63) is 66.4 Å². The van der Waals surface area contributed by atoms with Gasteiger partial charge in [0.05, 0.1) is 22.0 Å². The molecule has 1 aliphatic rings. The molecule has 1 N–H and O–H groups in total. The lowest BCUT2D eigenvalue weighted by atomic mass is 9.99. The molecule has 8 nitrogen and oxygen atoms in total. The maximum Gasteiger partial charge on any atom is 0.219 e. The number of rotatable bonds is 5. The van der Waals surface area contributed by atoms with E-state index in [1.165, 1.54) is 18.4 Å². The standard InChI is InChI=1S/C26H26N4O4S/c1-16-12-24(30(15-16)17(2)31)20-13-22-23(29-26(28-22)21-6-4-5-11-27-21)14-25(20)34-18-7-9-19(10-8-18)35(3,32)33/h4-11,13-14,16,24H,12,15H2,1-3H3,(H,28,29). The van der Waals surface area contributed by atoms with Crippen molar-refractivity contribution in [1.29, 1.82) is 0 Å². The number of H-pyrrole nitrogens is 1. The average Bonchev–Trinajstić information content (AvgIpc) is 3.42. The molecule has 1 fully saturated rings. The van der Waals surface area contributed by atoms with Crippen molar-refractivity contribution in [1.82, 2.24) is 19.9 Å². The highest BCUT2D eigenvalue weighted by molar-refractivity contribution is 7.90. The van der Waals surface area contributed by atoms with Gasteiger partial charge in [-0.2, -0.15) is 0 Å². The number of likely N-dealkylation sites (tertiary alicyclic amines) is 1. The predicted octanol–water partition coefficient (Wildman–Crippen LogP) is 4.75. The van der Waals surface area contributed by atoms with E-state index in [1.807, 2.05) is 35.2 Å². The van der Waals surface area contributed by atoms with Crippen LogP contribution >= 0.6 is 0 Å². The van der Waals surface area contributed by atoms with Crippen LogP contribution in [0.1, 0.15) is 31.9 Å². The summed E-state index contributed by atoms with van der Waals surface area (Å²) in [4.78, 5) is 27.0. The lowest BCUT2D eigenvalue weighted by molar-refractivity contribution is -0.129. The number of hydrogen-bond donors (Lipinski definition) is 1. The number of benzene rings is 2. The van der Waals surface area contributed by atoms with Gasteiger partial charge < -0.3 is 14.6 Å². The van der Waals surface area contributed by atoms with Crippen LogP contribution in [0.4, 0.5) is 0 Å². The lowest BCUT2D eigenvalue weighted by Crippen LogP contribution is -2.28. The summed E-state index contributed by atoms with van der Waals surface area (Å²) < 4.78 is 29.9. The van der Waals surface area contributed by atoms with E-state index in [1.54, 1.807) is 25.3 Å². The van der Waals surface area contributed by atoms with Crippen LogP contribution in [-0.4, -0.2) is 47.0 Å². The molecule has 1 amide bonds. The maximum atomic E-state index is 12.4. The fourth-order valence-corrected chi connectivity index (χ4v) is 5.23. The highest BCUT2D eigenvalue weighted by Crippen LogP contribution is 2.42. The molecule has 9 heteroatoms. The summed E-state index contributed by atoms with van der Waals surface area (Å²) in [6.45, 7) is 4.40. The molecule has 0 radical (unpaired) electrons. The minimum atomic E-state index is -3.31. The number of nitrogens with one attached hydrogen (secondary N) is 1. The molecule has 0 bridgehead atoms. The number of pyridine rings is 1. The van der Waals surface area contributed by atoms with Crippen molar-refractivity contribution in [2.75, 3.05) is 12.8 Å². The third-order valence-electron chi connectivity index (χ3n) is 6.27. The maximum absolute atomic E-state index is 12.4. The van der Waals surface area contributed by atoms with Crippen molar-refractivity contribution in [3.8, 4) is 23.0 Å². The monoisotopic (exact) mass is 490 g/mol. The molecule has 1 aliphatic heterocycles. The van der Waals surface area contributed by atoms with Crippen LogP contribution in [0.25, 0.3) is 22.6 Å². The number of aromatic amines is 1. The van der Waals surface area contributed by atoms with Gasteiger partial charge in [-0.25, -0.2) is 13.4 Å². The van der Waals surface area contributed by atoms with E-state index in [4.69, 9.17) is 9.72 Å². The van der Waals surface area contributed by atoms with Gasteiger partial charge in [-0.3, -0.25) is 9.78 Å². The number of aromatic nitrogens is 3. The first-order valence-corrected chi connectivity index (χ1v) is 13.3. The molecule has 0 spiro atoms. The van der Waals surface area contributed by atoms with Crippen molar-refractivity contribution in [2.45, 2.75) is 31.2 Å². The van der Waals surface area contributed by atoms with Gasteiger partial charge in [-0.05, 0) is 54.8 Å². The van der Waals surface area contributed by atoms with Crippen LogP contribution in [0, 0.1) is 5.92 Å². The lowest BCUT2D eigenvalue weighted by Gasteiger charge is -2.25. The van der Waals surface area contributed by atoms with Crippen molar-refractivity contribution in [2.24, 2.45) is 5.92 Å². The Morgan fingerprint density at radius 1 is 1.14 bits per heavy atom. The van der Waals surface area contributed by atoms with E-state index < -0.39 is 9.84 Å². The first-order chi connectivity index (χ1) is 16.7. The Kier molecular flexibility index (Phi) is 5.80. The van der Waals surface area contributed by atoms with E-state index in [-0.39, 0.29) is 16.8 Å². The Labute approximate surface area is 203 Å². The van der Waals surface area contributed by atoms with Gasteiger partial charge in [0.15, 0.2) is 15.7 Å². The highest BCUT2D eigenvalue weighted by atomic mass is 32.2. The first kappa shape index (κ1) is 23.0. The Morgan fingerprint density at radius 3 is 2.57 bits per heavy atom. The molecule has 5 rings (SSSR count). The molecule has 4 aromatic rings. The normalized spacial score (nSPS) is 18.2. The summed E-state index contributed by atoms with van der Waals surface area (Å²) in [6.07, 6.45) is 3.70. The summed E-state index contributed by atoms with van der Waals surface area (Å²) in [6, 6.07) is 15.7.